The van der Waals surface area contributed by atoms with Gasteiger partial charge in [-0.3, -0.25) is 0 Å². The van der Waals surface area contributed by atoms with Crippen LogP contribution in [-0.4, -0.2) is 39.7 Å². The summed E-state index contributed by atoms with van der Waals surface area (Å²) in [6.45, 7) is 0.662. The largest absolute Gasteiger partial charge is 0.378 e. The number of benzene rings is 5. The zero-order chi connectivity index (χ0) is 35.2. The SMILES string of the molecule is CNc1cc(C(CCOC2CCC(c3ccccc3)CC2)c2ccccc2)c2nnn(C(c3ccccc3)(c3ccccc3)c3ccccc3)c2n1. The molecular weight excluding hydrogens is 639 g/mol. The molecule has 1 N–H and O–H groups in total. The number of hydrogen-bond donors (Lipinski definition) is 1. The summed E-state index contributed by atoms with van der Waals surface area (Å²) in [5.74, 6) is 1.43. The molecule has 0 saturated heterocycles. The van der Waals surface area contributed by atoms with E-state index in [4.69, 9.17) is 20.0 Å². The first kappa shape index (κ1) is 33.5. The zero-order valence-electron chi connectivity index (χ0n) is 29.7. The molecule has 1 unspecified atom stereocenters. The first-order valence-electron chi connectivity index (χ1n) is 18.6. The number of hydrogen-bond acceptors (Lipinski definition) is 5. The predicted octanol–water partition coefficient (Wildman–Crippen LogP) is 9.97. The van der Waals surface area contributed by atoms with E-state index in [2.05, 4.69) is 163 Å². The molecule has 2 aromatic heterocycles. The van der Waals surface area contributed by atoms with Gasteiger partial charge in [-0.2, -0.15) is 0 Å². The van der Waals surface area contributed by atoms with E-state index in [-0.39, 0.29) is 12.0 Å². The third kappa shape index (κ3) is 6.51. The van der Waals surface area contributed by atoms with Crippen molar-refractivity contribution in [1.82, 2.24) is 20.0 Å². The molecule has 2 heterocycles. The third-order valence-corrected chi connectivity index (χ3v) is 10.9. The van der Waals surface area contributed by atoms with Crippen LogP contribution < -0.4 is 5.32 Å². The quantitative estimate of drug-likeness (QED) is 0.130. The Morgan fingerprint density at radius 2 is 1.21 bits per heavy atom. The fourth-order valence-corrected chi connectivity index (χ4v) is 8.28. The Kier molecular flexibility index (Phi) is 9.90. The molecule has 6 heteroatoms. The van der Waals surface area contributed by atoms with Crippen molar-refractivity contribution in [3.8, 4) is 0 Å². The van der Waals surface area contributed by atoms with Gasteiger partial charge in [0.15, 0.2) is 5.65 Å². The molecule has 1 aliphatic carbocycles. The minimum Gasteiger partial charge on any atom is -0.378 e. The molecule has 1 aliphatic rings. The molecule has 1 fully saturated rings. The van der Waals surface area contributed by atoms with E-state index in [0.717, 1.165) is 58.5 Å². The first-order valence-corrected chi connectivity index (χ1v) is 18.6. The number of pyridine rings is 1. The molecule has 0 aliphatic heterocycles. The van der Waals surface area contributed by atoms with Gasteiger partial charge in [0, 0.05) is 19.6 Å². The number of aromatic nitrogens is 4. The highest BCUT2D eigenvalue weighted by molar-refractivity contribution is 5.79. The van der Waals surface area contributed by atoms with Crippen LogP contribution in [0.3, 0.4) is 0 Å². The average Bonchev–Trinajstić information content (AvgIpc) is 3.66. The Bertz CT molecular complexity index is 2070. The molecule has 0 radical (unpaired) electrons. The molecule has 52 heavy (non-hydrogen) atoms. The summed E-state index contributed by atoms with van der Waals surface area (Å²) in [6.07, 6.45) is 5.62. The van der Waals surface area contributed by atoms with Crippen LogP contribution in [0.1, 0.15) is 77.3 Å². The Balaban J connectivity index is 1.19. The maximum Gasteiger partial charge on any atom is 0.182 e. The van der Waals surface area contributed by atoms with E-state index >= 15 is 0 Å². The van der Waals surface area contributed by atoms with Crippen molar-refractivity contribution >= 4 is 17.0 Å². The van der Waals surface area contributed by atoms with Gasteiger partial charge in [-0.25, -0.2) is 9.67 Å². The second-order valence-electron chi connectivity index (χ2n) is 13.8. The summed E-state index contributed by atoms with van der Waals surface area (Å²) in [4.78, 5) is 5.21. The Morgan fingerprint density at radius 1 is 0.692 bits per heavy atom. The number of nitrogens with zero attached hydrogens (tertiary/aromatic N) is 4. The molecule has 5 aromatic carbocycles. The van der Waals surface area contributed by atoms with Crippen LogP contribution in [0.15, 0.2) is 158 Å². The summed E-state index contributed by atoms with van der Waals surface area (Å²) < 4.78 is 8.71. The standard InChI is InChI=1S/C46H45N5O/c1-47-43-33-42(41(36-19-9-3-10-20-36)31-32-52-40-29-27-35(28-30-40)34-17-7-2-8-18-34)44-45(48-43)51(50-49-44)46(37-21-11-4-12-22-37,38-23-13-5-14-24-38)39-25-15-6-16-26-39/h2-26,33,35,40-41H,27-32H2,1H3,(H,47,48). The number of ether oxygens (including phenoxy) is 1. The number of anilines is 1. The van der Waals surface area contributed by atoms with Crippen molar-refractivity contribution in [3.05, 3.63) is 191 Å². The van der Waals surface area contributed by atoms with E-state index < -0.39 is 5.54 Å². The van der Waals surface area contributed by atoms with Crippen LogP contribution in [0.25, 0.3) is 11.2 Å². The predicted molar refractivity (Wildman–Crippen MR) is 210 cm³/mol. The second kappa shape index (κ2) is 15.3. The lowest BCUT2D eigenvalue weighted by atomic mass is 9.77. The van der Waals surface area contributed by atoms with Crippen LogP contribution in [-0.2, 0) is 10.3 Å². The molecule has 0 amide bonds. The van der Waals surface area contributed by atoms with E-state index in [1.54, 1.807) is 0 Å². The molecule has 1 atom stereocenters. The van der Waals surface area contributed by atoms with Gasteiger partial charge in [0.05, 0.1) is 6.10 Å². The Morgan fingerprint density at radius 3 is 1.75 bits per heavy atom. The third-order valence-electron chi connectivity index (χ3n) is 10.9. The molecule has 8 rings (SSSR count). The average molecular weight is 684 g/mol. The molecule has 1 saturated carbocycles. The van der Waals surface area contributed by atoms with Crippen molar-refractivity contribution in [1.29, 1.82) is 0 Å². The van der Waals surface area contributed by atoms with Crippen molar-refractivity contribution in [2.45, 2.75) is 55.6 Å². The lowest BCUT2D eigenvalue weighted by Crippen LogP contribution is -2.39. The van der Waals surface area contributed by atoms with Gasteiger partial charge in [0.1, 0.15) is 16.9 Å². The van der Waals surface area contributed by atoms with Crippen LogP contribution in [0.5, 0.6) is 0 Å². The Labute approximate surface area is 306 Å². The number of rotatable bonds is 12. The molecule has 6 nitrogen and oxygen atoms in total. The fraction of sp³-hybridized carbons (Fsp3) is 0.239. The van der Waals surface area contributed by atoms with E-state index in [0.29, 0.717) is 12.5 Å². The van der Waals surface area contributed by atoms with Gasteiger partial charge in [0.25, 0.3) is 0 Å². The molecule has 260 valence electrons. The molecule has 0 spiro atoms. The molecular formula is C46H45N5O. The van der Waals surface area contributed by atoms with Gasteiger partial charge in [-0.15, -0.1) is 5.10 Å². The van der Waals surface area contributed by atoms with Crippen LogP contribution in [0, 0.1) is 0 Å². The Hall–Kier alpha value is -5.59. The van der Waals surface area contributed by atoms with Gasteiger partial charge in [0.2, 0.25) is 0 Å². The normalized spacial score (nSPS) is 16.8. The summed E-state index contributed by atoms with van der Waals surface area (Å²) in [5, 5.41) is 13.4. The minimum absolute atomic E-state index is 0.0317. The highest BCUT2D eigenvalue weighted by Gasteiger charge is 2.42. The van der Waals surface area contributed by atoms with Crippen LogP contribution in [0.4, 0.5) is 5.82 Å². The van der Waals surface area contributed by atoms with Crippen LogP contribution >= 0.6 is 0 Å². The monoisotopic (exact) mass is 683 g/mol. The van der Waals surface area contributed by atoms with Crippen molar-refractivity contribution in [2.75, 3.05) is 19.0 Å². The topological polar surface area (TPSA) is 64.9 Å². The van der Waals surface area contributed by atoms with Gasteiger partial charge in [-0.05, 0) is 77.5 Å². The van der Waals surface area contributed by atoms with Crippen molar-refractivity contribution in [2.24, 2.45) is 0 Å². The summed E-state index contributed by atoms with van der Waals surface area (Å²) in [6, 6.07) is 55.6. The van der Waals surface area contributed by atoms with Gasteiger partial charge in [-0.1, -0.05) is 157 Å². The minimum atomic E-state index is -0.834. The maximum atomic E-state index is 6.67. The molecule has 7 aromatic rings. The van der Waals surface area contributed by atoms with E-state index in [1.165, 1.54) is 24.0 Å². The smallest absolute Gasteiger partial charge is 0.182 e. The second-order valence-corrected chi connectivity index (χ2v) is 13.8. The van der Waals surface area contributed by atoms with Gasteiger partial charge >= 0.3 is 0 Å². The van der Waals surface area contributed by atoms with Crippen molar-refractivity contribution in [3.63, 3.8) is 0 Å². The maximum absolute atomic E-state index is 6.67. The zero-order valence-corrected chi connectivity index (χ0v) is 29.7. The number of fused-ring (bicyclic) bond motifs is 1. The van der Waals surface area contributed by atoms with E-state index in [9.17, 15) is 0 Å². The first-order chi connectivity index (χ1) is 25.8. The summed E-state index contributed by atoms with van der Waals surface area (Å²) in [5.41, 5.74) is 7.68. The highest BCUT2D eigenvalue weighted by Crippen LogP contribution is 2.43. The van der Waals surface area contributed by atoms with Gasteiger partial charge < -0.3 is 10.1 Å². The lowest BCUT2D eigenvalue weighted by molar-refractivity contribution is 0.0221. The summed E-state index contributed by atoms with van der Waals surface area (Å²) >= 11 is 0. The highest BCUT2D eigenvalue weighted by atomic mass is 16.5. The van der Waals surface area contributed by atoms with E-state index in [1.807, 2.05) is 11.7 Å². The summed E-state index contributed by atoms with van der Waals surface area (Å²) in [7, 11) is 1.93. The number of nitrogens with one attached hydrogen (secondary N) is 1. The van der Waals surface area contributed by atoms with Crippen LogP contribution in [0.2, 0.25) is 0 Å². The van der Waals surface area contributed by atoms with Crippen molar-refractivity contribution < 1.29 is 4.74 Å². The molecule has 0 bridgehead atoms. The lowest BCUT2D eigenvalue weighted by Gasteiger charge is -2.36. The fourth-order valence-electron chi connectivity index (χ4n) is 8.28.